The lowest BCUT2D eigenvalue weighted by molar-refractivity contribution is -0.862. The van der Waals surface area contributed by atoms with Crippen LogP contribution in [0.5, 0.6) is 0 Å². The van der Waals surface area contributed by atoms with Gasteiger partial charge in [0.2, 0.25) is 0 Å². The second kappa shape index (κ2) is 8.99. The van der Waals surface area contributed by atoms with E-state index in [1.165, 1.54) is 0 Å². The third-order valence-corrected chi connectivity index (χ3v) is 3.65. The maximum Gasteiger partial charge on any atom is 0.279 e. The lowest BCUT2D eigenvalue weighted by Gasteiger charge is -2.15. The van der Waals surface area contributed by atoms with Crippen LogP contribution in [0.25, 0.3) is 11.1 Å². The summed E-state index contributed by atoms with van der Waals surface area (Å²) in [6.07, 6.45) is 0. The molecular weight excluding hydrogens is 314 g/mol. The molecule has 0 fully saturated rings. The summed E-state index contributed by atoms with van der Waals surface area (Å²) in [5, 5.41) is 5.70. The molecule has 0 bridgehead atoms. The molecule has 1 atom stereocenters. The fraction of sp³-hybridized carbons (Fsp3) is 0.300. The van der Waals surface area contributed by atoms with E-state index >= 15 is 0 Å². The SMILES string of the molecule is CC(C)NC(=O)C[NH+](C)CC(=O)Nc1ccc(-c2ccccc2)cc1. The first-order chi connectivity index (χ1) is 11.9. The van der Waals surface area contributed by atoms with Gasteiger partial charge in [-0.1, -0.05) is 42.5 Å². The molecule has 2 amide bonds. The molecule has 5 heteroatoms. The standard InChI is InChI=1S/C20H25N3O2/c1-15(2)21-19(24)13-23(3)14-20(25)22-18-11-9-17(10-12-18)16-7-5-4-6-8-16/h4-12,15H,13-14H2,1-3H3,(H,21,24)(H,22,25)/p+1. The van der Waals surface area contributed by atoms with Gasteiger partial charge in [-0.15, -0.1) is 0 Å². The number of benzene rings is 2. The lowest BCUT2D eigenvalue weighted by atomic mass is 10.1. The van der Waals surface area contributed by atoms with Crippen molar-refractivity contribution in [1.82, 2.24) is 5.32 Å². The maximum absolute atomic E-state index is 12.1. The van der Waals surface area contributed by atoms with Gasteiger partial charge in [-0.05, 0) is 37.1 Å². The van der Waals surface area contributed by atoms with Gasteiger partial charge in [0.05, 0.1) is 7.05 Å². The first-order valence-corrected chi connectivity index (χ1v) is 8.50. The highest BCUT2D eigenvalue weighted by Gasteiger charge is 2.14. The van der Waals surface area contributed by atoms with E-state index in [2.05, 4.69) is 10.6 Å². The number of quaternary nitrogens is 1. The monoisotopic (exact) mass is 340 g/mol. The van der Waals surface area contributed by atoms with E-state index in [9.17, 15) is 9.59 Å². The van der Waals surface area contributed by atoms with Gasteiger partial charge in [0.15, 0.2) is 13.1 Å². The molecular formula is C20H26N3O2+. The number of nitrogens with one attached hydrogen (secondary N) is 3. The normalized spacial score (nSPS) is 11.8. The Kier molecular flexibility index (Phi) is 6.71. The van der Waals surface area contributed by atoms with Gasteiger partial charge in [-0.2, -0.15) is 0 Å². The van der Waals surface area contributed by atoms with Crippen molar-refractivity contribution in [1.29, 1.82) is 0 Å². The molecule has 132 valence electrons. The van der Waals surface area contributed by atoms with Gasteiger partial charge in [0.1, 0.15) is 0 Å². The third kappa shape index (κ3) is 6.39. The number of hydrogen-bond donors (Lipinski definition) is 3. The minimum absolute atomic E-state index is 0.0486. The van der Waals surface area contributed by atoms with Crippen molar-refractivity contribution < 1.29 is 14.5 Å². The average molecular weight is 340 g/mol. The van der Waals surface area contributed by atoms with Gasteiger partial charge in [-0.3, -0.25) is 9.59 Å². The fourth-order valence-electron chi connectivity index (χ4n) is 2.57. The van der Waals surface area contributed by atoms with Crippen LogP contribution >= 0.6 is 0 Å². The molecule has 0 saturated heterocycles. The van der Waals surface area contributed by atoms with Crippen LogP contribution in [-0.4, -0.2) is 38.0 Å². The van der Waals surface area contributed by atoms with Crippen LogP contribution in [0, 0.1) is 0 Å². The Morgan fingerprint density at radius 2 is 1.44 bits per heavy atom. The largest absolute Gasteiger partial charge is 0.349 e. The molecule has 0 spiro atoms. The number of anilines is 1. The molecule has 2 rings (SSSR count). The van der Waals surface area contributed by atoms with Crippen molar-refractivity contribution in [3.05, 3.63) is 54.6 Å². The minimum atomic E-state index is -0.109. The molecule has 0 aliphatic rings. The molecule has 2 aromatic rings. The average Bonchev–Trinajstić information content (AvgIpc) is 2.55. The van der Waals surface area contributed by atoms with Gasteiger partial charge in [0.25, 0.3) is 11.8 Å². The number of rotatable bonds is 7. The zero-order valence-electron chi connectivity index (χ0n) is 15.0. The summed E-state index contributed by atoms with van der Waals surface area (Å²) < 4.78 is 0. The molecule has 0 aliphatic carbocycles. The second-order valence-corrected chi connectivity index (χ2v) is 6.52. The van der Waals surface area contributed by atoms with Crippen LogP contribution < -0.4 is 15.5 Å². The molecule has 0 aliphatic heterocycles. The number of amides is 2. The first kappa shape index (κ1) is 18.7. The van der Waals surface area contributed by atoms with E-state index in [-0.39, 0.29) is 30.9 Å². The Morgan fingerprint density at radius 1 is 0.880 bits per heavy atom. The van der Waals surface area contributed by atoms with Crippen molar-refractivity contribution in [3.8, 4) is 11.1 Å². The predicted molar refractivity (Wildman–Crippen MR) is 100 cm³/mol. The second-order valence-electron chi connectivity index (χ2n) is 6.52. The highest BCUT2D eigenvalue weighted by Crippen LogP contribution is 2.20. The van der Waals surface area contributed by atoms with E-state index in [0.717, 1.165) is 21.7 Å². The zero-order chi connectivity index (χ0) is 18.2. The van der Waals surface area contributed by atoms with E-state index in [1.807, 2.05) is 75.5 Å². The van der Waals surface area contributed by atoms with Crippen molar-refractivity contribution in [2.24, 2.45) is 0 Å². The Balaban J connectivity index is 1.85. The van der Waals surface area contributed by atoms with Gasteiger partial charge in [0, 0.05) is 11.7 Å². The van der Waals surface area contributed by atoms with Crippen LogP contribution in [0.15, 0.2) is 54.6 Å². The highest BCUT2D eigenvalue weighted by molar-refractivity contribution is 5.91. The molecule has 0 saturated carbocycles. The predicted octanol–water partition coefficient (Wildman–Crippen LogP) is 1.33. The Bertz CT molecular complexity index is 697. The zero-order valence-corrected chi connectivity index (χ0v) is 15.0. The van der Waals surface area contributed by atoms with Crippen molar-refractivity contribution in [2.45, 2.75) is 19.9 Å². The van der Waals surface area contributed by atoms with E-state index in [4.69, 9.17) is 0 Å². The maximum atomic E-state index is 12.1. The summed E-state index contributed by atoms with van der Waals surface area (Å²) in [7, 11) is 1.83. The Hall–Kier alpha value is -2.66. The molecule has 0 aromatic heterocycles. The summed E-state index contributed by atoms with van der Waals surface area (Å²) in [6, 6.07) is 17.9. The fourth-order valence-corrected chi connectivity index (χ4v) is 2.57. The molecule has 25 heavy (non-hydrogen) atoms. The molecule has 3 N–H and O–H groups in total. The number of carbonyl (C=O) groups is 2. The topological polar surface area (TPSA) is 62.6 Å². The Labute approximate surface area is 149 Å². The molecule has 5 nitrogen and oxygen atoms in total. The quantitative estimate of drug-likeness (QED) is 0.712. The third-order valence-electron chi connectivity index (χ3n) is 3.65. The number of likely N-dealkylation sites (N-methyl/N-ethyl adjacent to an activating group) is 1. The van der Waals surface area contributed by atoms with E-state index in [0.29, 0.717) is 0 Å². The lowest BCUT2D eigenvalue weighted by Crippen LogP contribution is -3.11. The first-order valence-electron chi connectivity index (χ1n) is 8.50. The smallest absolute Gasteiger partial charge is 0.279 e. The summed E-state index contributed by atoms with van der Waals surface area (Å²) in [5.74, 6) is -0.158. The summed E-state index contributed by atoms with van der Waals surface area (Å²) >= 11 is 0. The van der Waals surface area contributed by atoms with Gasteiger partial charge in [-0.25, -0.2) is 0 Å². The van der Waals surface area contributed by atoms with Crippen LogP contribution in [0.3, 0.4) is 0 Å². The van der Waals surface area contributed by atoms with Crippen LogP contribution in [0.4, 0.5) is 5.69 Å². The van der Waals surface area contributed by atoms with E-state index < -0.39 is 0 Å². The van der Waals surface area contributed by atoms with Crippen molar-refractivity contribution in [2.75, 3.05) is 25.5 Å². The summed E-state index contributed by atoms with van der Waals surface area (Å²) in [4.78, 5) is 24.7. The molecule has 2 aromatic carbocycles. The summed E-state index contributed by atoms with van der Waals surface area (Å²) in [6.45, 7) is 4.35. The highest BCUT2D eigenvalue weighted by atomic mass is 16.2. The Morgan fingerprint density at radius 3 is 2.04 bits per heavy atom. The van der Waals surface area contributed by atoms with Crippen LogP contribution in [0.2, 0.25) is 0 Å². The molecule has 0 radical (unpaired) electrons. The van der Waals surface area contributed by atoms with E-state index in [1.54, 1.807) is 0 Å². The molecule has 1 unspecified atom stereocenters. The minimum Gasteiger partial charge on any atom is -0.349 e. The van der Waals surface area contributed by atoms with Gasteiger partial charge < -0.3 is 15.5 Å². The number of carbonyl (C=O) groups excluding carboxylic acids is 2. The number of hydrogen-bond acceptors (Lipinski definition) is 2. The van der Waals surface area contributed by atoms with Crippen LogP contribution in [-0.2, 0) is 9.59 Å². The van der Waals surface area contributed by atoms with Gasteiger partial charge >= 0.3 is 0 Å². The van der Waals surface area contributed by atoms with Crippen LogP contribution in [0.1, 0.15) is 13.8 Å². The summed E-state index contributed by atoms with van der Waals surface area (Å²) in [5.41, 5.74) is 3.00. The van der Waals surface area contributed by atoms with Crippen molar-refractivity contribution >= 4 is 17.5 Å². The molecule has 0 heterocycles. The van der Waals surface area contributed by atoms with Crippen molar-refractivity contribution in [3.63, 3.8) is 0 Å².